The Morgan fingerprint density at radius 1 is 1.50 bits per heavy atom. The minimum Gasteiger partial charge on any atom is -0.493 e. The molecule has 1 aliphatic heterocycles. The van der Waals surface area contributed by atoms with Crippen LogP contribution in [-0.4, -0.2) is 24.0 Å². The van der Waals surface area contributed by atoms with Gasteiger partial charge in [-0.15, -0.1) is 0 Å². The number of ether oxygens (including phenoxy) is 1. The number of fused-ring (bicyclic) bond motifs is 1. The summed E-state index contributed by atoms with van der Waals surface area (Å²) in [6.45, 7) is 2.65. The van der Waals surface area contributed by atoms with Gasteiger partial charge >= 0.3 is 0 Å². The lowest BCUT2D eigenvalue weighted by Gasteiger charge is -2.20. The van der Waals surface area contributed by atoms with Gasteiger partial charge in [0.25, 0.3) is 0 Å². The first kappa shape index (κ1) is 13.3. The van der Waals surface area contributed by atoms with Crippen molar-refractivity contribution < 1.29 is 9.53 Å². The maximum atomic E-state index is 12.0. The topological polar surface area (TPSA) is 38.3 Å². The first-order valence-electron chi connectivity index (χ1n) is 6.27. The zero-order valence-electron chi connectivity index (χ0n) is 10.8. The van der Waals surface area contributed by atoms with Crippen molar-refractivity contribution in [1.82, 2.24) is 5.32 Å². The van der Waals surface area contributed by atoms with E-state index >= 15 is 0 Å². The van der Waals surface area contributed by atoms with Crippen LogP contribution in [-0.2, 0) is 4.79 Å². The fraction of sp³-hybridized carbons (Fsp3) is 0.500. The molecule has 2 unspecified atom stereocenters. The Hall–Kier alpha value is -1.16. The molecule has 0 fully saturated rings. The van der Waals surface area contributed by atoms with Crippen LogP contribution in [0, 0.1) is 0 Å². The number of benzene rings is 1. The molecule has 0 saturated carbocycles. The van der Waals surface area contributed by atoms with E-state index < -0.39 is 0 Å². The van der Waals surface area contributed by atoms with Gasteiger partial charge in [0.2, 0.25) is 5.91 Å². The molecule has 0 bridgehead atoms. The molecule has 3 nitrogen and oxygen atoms in total. The fourth-order valence-electron chi connectivity index (χ4n) is 2.07. The standard InChI is InChI=1S/C14H19NO2S/c1-10(18-2)14(16)15-12-7-5-9-17-13-8-4-3-6-11(12)13/h3-4,6,8,10,12H,5,7,9H2,1-2H3,(H,15,16). The summed E-state index contributed by atoms with van der Waals surface area (Å²) < 4.78 is 5.69. The summed E-state index contributed by atoms with van der Waals surface area (Å²) in [5.74, 6) is 1.00. The molecule has 1 heterocycles. The lowest BCUT2D eigenvalue weighted by Crippen LogP contribution is -2.34. The molecule has 1 aliphatic rings. The van der Waals surface area contributed by atoms with Gasteiger partial charge in [0.1, 0.15) is 5.75 Å². The van der Waals surface area contributed by atoms with Crippen LogP contribution in [0.1, 0.15) is 31.4 Å². The summed E-state index contributed by atoms with van der Waals surface area (Å²) in [4.78, 5) is 12.0. The van der Waals surface area contributed by atoms with Crippen molar-refractivity contribution in [3.05, 3.63) is 29.8 Å². The van der Waals surface area contributed by atoms with E-state index in [1.165, 1.54) is 0 Å². The molecule has 4 heteroatoms. The van der Waals surface area contributed by atoms with Gasteiger partial charge in [0.05, 0.1) is 17.9 Å². The third-order valence-corrected chi connectivity index (χ3v) is 4.15. The molecule has 1 aromatic carbocycles. The average molecular weight is 265 g/mol. The maximum absolute atomic E-state index is 12.0. The Balaban J connectivity index is 2.15. The smallest absolute Gasteiger partial charge is 0.233 e. The van der Waals surface area contributed by atoms with Gasteiger partial charge in [-0.1, -0.05) is 18.2 Å². The van der Waals surface area contributed by atoms with E-state index in [2.05, 4.69) is 5.32 Å². The second kappa shape index (κ2) is 6.14. The van der Waals surface area contributed by atoms with E-state index in [0.29, 0.717) is 0 Å². The van der Waals surface area contributed by atoms with Crippen LogP contribution >= 0.6 is 11.8 Å². The molecule has 0 saturated heterocycles. The molecule has 2 rings (SSSR count). The van der Waals surface area contributed by atoms with Crippen molar-refractivity contribution in [2.75, 3.05) is 12.9 Å². The lowest BCUT2D eigenvalue weighted by molar-refractivity contribution is -0.121. The third-order valence-electron chi connectivity index (χ3n) is 3.23. The number of amides is 1. The first-order chi connectivity index (χ1) is 8.72. The summed E-state index contributed by atoms with van der Waals surface area (Å²) in [7, 11) is 0. The Kier molecular flexibility index (Phi) is 4.53. The fourth-order valence-corrected chi connectivity index (χ4v) is 2.35. The molecule has 0 aromatic heterocycles. The van der Waals surface area contributed by atoms with Crippen molar-refractivity contribution in [2.45, 2.75) is 31.1 Å². The molecular weight excluding hydrogens is 246 g/mol. The number of hydrogen-bond donors (Lipinski definition) is 1. The van der Waals surface area contributed by atoms with E-state index in [-0.39, 0.29) is 17.2 Å². The average Bonchev–Trinajstić information content (AvgIpc) is 2.60. The maximum Gasteiger partial charge on any atom is 0.233 e. The van der Waals surface area contributed by atoms with Gasteiger partial charge in [-0.3, -0.25) is 4.79 Å². The number of hydrogen-bond acceptors (Lipinski definition) is 3. The Morgan fingerprint density at radius 2 is 2.28 bits per heavy atom. The number of thioether (sulfide) groups is 1. The number of rotatable bonds is 3. The van der Waals surface area contributed by atoms with Crippen molar-refractivity contribution in [3.8, 4) is 5.75 Å². The van der Waals surface area contributed by atoms with Crippen LogP contribution in [0.2, 0.25) is 0 Å². The molecule has 98 valence electrons. The third kappa shape index (κ3) is 2.99. The predicted molar refractivity (Wildman–Crippen MR) is 75.0 cm³/mol. The van der Waals surface area contributed by atoms with E-state index in [9.17, 15) is 4.79 Å². The quantitative estimate of drug-likeness (QED) is 0.913. The Morgan fingerprint density at radius 3 is 3.06 bits per heavy atom. The van der Waals surface area contributed by atoms with Gasteiger partial charge in [0.15, 0.2) is 0 Å². The highest BCUT2D eigenvalue weighted by molar-refractivity contribution is 7.99. The van der Waals surface area contributed by atoms with Gasteiger partial charge in [-0.05, 0) is 32.1 Å². The SMILES string of the molecule is CSC(C)C(=O)NC1CCCOc2ccccc21. The second-order valence-corrected chi connectivity index (χ2v) is 5.65. The van der Waals surface area contributed by atoms with Crippen molar-refractivity contribution >= 4 is 17.7 Å². The summed E-state index contributed by atoms with van der Waals surface area (Å²) in [5.41, 5.74) is 1.09. The van der Waals surface area contributed by atoms with E-state index in [0.717, 1.165) is 30.8 Å². The summed E-state index contributed by atoms with van der Waals surface area (Å²) in [5, 5.41) is 3.11. The molecule has 1 N–H and O–H groups in total. The van der Waals surface area contributed by atoms with E-state index in [4.69, 9.17) is 4.74 Å². The van der Waals surface area contributed by atoms with Crippen LogP contribution in [0.15, 0.2) is 24.3 Å². The number of carbonyl (C=O) groups is 1. The molecule has 0 spiro atoms. The molecular formula is C14H19NO2S. The molecule has 0 aliphatic carbocycles. The minimum atomic E-state index is -0.0127. The van der Waals surface area contributed by atoms with E-state index in [1.54, 1.807) is 11.8 Å². The van der Waals surface area contributed by atoms with Gasteiger partial charge in [-0.2, -0.15) is 11.8 Å². The van der Waals surface area contributed by atoms with Crippen LogP contribution in [0.4, 0.5) is 0 Å². The Labute approximate surface area is 112 Å². The summed E-state index contributed by atoms with van der Waals surface area (Å²) in [6.07, 6.45) is 3.85. The molecule has 1 aromatic rings. The predicted octanol–water partition coefficient (Wildman–Crippen LogP) is 2.77. The van der Waals surface area contributed by atoms with Crippen molar-refractivity contribution in [3.63, 3.8) is 0 Å². The highest BCUT2D eigenvalue weighted by atomic mass is 32.2. The van der Waals surface area contributed by atoms with E-state index in [1.807, 2.05) is 37.4 Å². The van der Waals surface area contributed by atoms with Gasteiger partial charge in [-0.25, -0.2) is 0 Å². The summed E-state index contributed by atoms with van der Waals surface area (Å²) >= 11 is 1.56. The number of carbonyl (C=O) groups excluding carboxylic acids is 1. The first-order valence-corrected chi connectivity index (χ1v) is 7.56. The Bertz CT molecular complexity index is 422. The lowest BCUT2D eigenvalue weighted by atomic mass is 10.0. The van der Waals surface area contributed by atoms with Crippen LogP contribution in [0.3, 0.4) is 0 Å². The second-order valence-electron chi connectivity index (χ2n) is 4.47. The van der Waals surface area contributed by atoms with Crippen LogP contribution in [0.5, 0.6) is 5.75 Å². The zero-order valence-corrected chi connectivity index (χ0v) is 11.6. The number of nitrogens with one attached hydrogen (secondary N) is 1. The normalized spacial score (nSPS) is 20.2. The molecule has 18 heavy (non-hydrogen) atoms. The van der Waals surface area contributed by atoms with Crippen molar-refractivity contribution in [1.29, 1.82) is 0 Å². The minimum absolute atomic E-state index is 0.0127. The van der Waals surface area contributed by atoms with Crippen LogP contribution < -0.4 is 10.1 Å². The summed E-state index contributed by atoms with van der Waals surface area (Å²) in [6, 6.07) is 8.04. The zero-order chi connectivity index (χ0) is 13.0. The highest BCUT2D eigenvalue weighted by Gasteiger charge is 2.22. The van der Waals surface area contributed by atoms with Crippen molar-refractivity contribution in [2.24, 2.45) is 0 Å². The molecule has 0 radical (unpaired) electrons. The van der Waals surface area contributed by atoms with Gasteiger partial charge in [0, 0.05) is 5.56 Å². The monoisotopic (exact) mass is 265 g/mol. The van der Waals surface area contributed by atoms with Gasteiger partial charge < -0.3 is 10.1 Å². The highest BCUT2D eigenvalue weighted by Crippen LogP contribution is 2.31. The molecule has 2 atom stereocenters. The van der Waals surface area contributed by atoms with Crippen LogP contribution in [0.25, 0.3) is 0 Å². The molecule has 1 amide bonds. The number of para-hydroxylation sites is 1. The largest absolute Gasteiger partial charge is 0.493 e.